The molecule has 0 radical (unpaired) electrons. The molecule has 1 rings (SSSR count). The van der Waals surface area contributed by atoms with Gasteiger partial charge in [0.15, 0.2) is 0 Å². The van der Waals surface area contributed by atoms with Crippen LogP contribution in [0.15, 0.2) is 24.3 Å². The quantitative estimate of drug-likeness (QED) is 0.531. The molecule has 0 saturated carbocycles. The summed E-state index contributed by atoms with van der Waals surface area (Å²) in [6.07, 6.45) is 7.46. The molecule has 1 N–H and O–H groups in total. The topological polar surface area (TPSA) is 20.2 Å². The van der Waals surface area contributed by atoms with Crippen molar-refractivity contribution in [2.75, 3.05) is 5.88 Å². The van der Waals surface area contributed by atoms with Gasteiger partial charge in [-0.3, -0.25) is 0 Å². The summed E-state index contributed by atoms with van der Waals surface area (Å²) in [5.74, 6) is 0.537. The fraction of sp³-hybridized carbons (Fsp3) is 0.600. The standard InChI is InChI=1S/C10H15ClO/c1-9(5-8-11)10(12)6-3-2-4-7-10/h3,6,12H,1-2,4-5,7-8H2. The van der Waals surface area contributed by atoms with Gasteiger partial charge in [0.05, 0.1) is 0 Å². The largest absolute Gasteiger partial charge is 0.381 e. The van der Waals surface area contributed by atoms with Gasteiger partial charge in [0.25, 0.3) is 0 Å². The van der Waals surface area contributed by atoms with E-state index in [1.54, 1.807) is 0 Å². The Labute approximate surface area is 78.7 Å². The first kappa shape index (κ1) is 9.82. The maximum Gasteiger partial charge on any atom is 0.104 e. The smallest absolute Gasteiger partial charge is 0.104 e. The van der Waals surface area contributed by atoms with E-state index in [1.165, 1.54) is 0 Å². The van der Waals surface area contributed by atoms with Crippen LogP contribution in [-0.2, 0) is 0 Å². The summed E-state index contributed by atoms with van der Waals surface area (Å²) in [6.45, 7) is 3.85. The van der Waals surface area contributed by atoms with E-state index >= 15 is 0 Å². The Morgan fingerprint density at radius 3 is 2.92 bits per heavy atom. The van der Waals surface area contributed by atoms with Crippen molar-refractivity contribution < 1.29 is 5.11 Å². The number of hydrogen-bond acceptors (Lipinski definition) is 1. The molecular weight excluding hydrogens is 172 g/mol. The lowest BCUT2D eigenvalue weighted by Gasteiger charge is -2.29. The van der Waals surface area contributed by atoms with Crippen LogP contribution in [0.4, 0.5) is 0 Å². The van der Waals surface area contributed by atoms with Crippen molar-refractivity contribution in [3.8, 4) is 0 Å². The fourth-order valence-electron chi connectivity index (χ4n) is 1.48. The summed E-state index contributed by atoms with van der Waals surface area (Å²) in [6, 6.07) is 0. The summed E-state index contributed by atoms with van der Waals surface area (Å²) in [4.78, 5) is 0. The number of aliphatic hydroxyl groups is 1. The van der Waals surface area contributed by atoms with Gasteiger partial charge in [-0.1, -0.05) is 18.7 Å². The van der Waals surface area contributed by atoms with Crippen LogP contribution >= 0.6 is 11.6 Å². The second-order valence-corrected chi connectivity index (χ2v) is 3.64. The van der Waals surface area contributed by atoms with Gasteiger partial charge in [0, 0.05) is 5.88 Å². The van der Waals surface area contributed by atoms with E-state index in [4.69, 9.17) is 11.6 Å². The van der Waals surface area contributed by atoms with E-state index < -0.39 is 5.60 Å². The van der Waals surface area contributed by atoms with Crippen LogP contribution in [0.25, 0.3) is 0 Å². The van der Waals surface area contributed by atoms with Gasteiger partial charge in [-0.15, -0.1) is 11.6 Å². The summed E-state index contributed by atoms with van der Waals surface area (Å²) in [5.41, 5.74) is 0.0705. The van der Waals surface area contributed by atoms with Crippen LogP contribution in [0.2, 0.25) is 0 Å². The Morgan fingerprint density at radius 2 is 2.42 bits per heavy atom. The first-order valence-corrected chi connectivity index (χ1v) is 4.87. The molecule has 1 unspecified atom stereocenters. The SMILES string of the molecule is C=C(CCCl)C1(O)C=CCCC1. The van der Waals surface area contributed by atoms with Gasteiger partial charge in [0.2, 0.25) is 0 Å². The van der Waals surface area contributed by atoms with Gasteiger partial charge in [-0.2, -0.15) is 0 Å². The van der Waals surface area contributed by atoms with Crippen LogP contribution in [0.1, 0.15) is 25.7 Å². The predicted molar refractivity (Wildman–Crippen MR) is 52.4 cm³/mol. The number of allylic oxidation sites excluding steroid dienone is 1. The lowest BCUT2D eigenvalue weighted by atomic mass is 9.84. The Kier molecular flexibility index (Phi) is 3.36. The summed E-state index contributed by atoms with van der Waals surface area (Å²) < 4.78 is 0. The summed E-state index contributed by atoms with van der Waals surface area (Å²) in [7, 11) is 0. The van der Waals surface area contributed by atoms with Crippen LogP contribution in [0.3, 0.4) is 0 Å². The van der Waals surface area contributed by atoms with Crippen molar-refractivity contribution in [2.45, 2.75) is 31.3 Å². The van der Waals surface area contributed by atoms with Crippen molar-refractivity contribution in [3.05, 3.63) is 24.3 Å². The molecule has 1 nitrogen and oxygen atoms in total. The molecule has 12 heavy (non-hydrogen) atoms. The average Bonchev–Trinajstić information content (AvgIpc) is 2.06. The van der Waals surface area contributed by atoms with Crippen molar-refractivity contribution in [2.24, 2.45) is 0 Å². The van der Waals surface area contributed by atoms with Gasteiger partial charge in [-0.05, 0) is 31.3 Å². The van der Waals surface area contributed by atoms with E-state index in [2.05, 4.69) is 6.58 Å². The van der Waals surface area contributed by atoms with E-state index in [1.807, 2.05) is 12.2 Å². The third kappa shape index (κ3) is 2.11. The maximum absolute atomic E-state index is 10.0. The second-order valence-electron chi connectivity index (χ2n) is 3.26. The van der Waals surface area contributed by atoms with E-state index in [9.17, 15) is 5.11 Å². The fourth-order valence-corrected chi connectivity index (χ4v) is 1.70. The highest BCUT2D eigenvalue weighted by Gasteiger charge is 2.27. The molecule has 0 aromatic heterocycles. The number of rotatable bonds is 3. The van der Waals surface area contributed by atoms with Gasteiger partial charge in [-0.25, -0.2) is 0 Å². The zero-order valence-corrected chi connectivity index (χ0v) is 7.98. The lowest BCUT2D eigenvalue weighted by molar-refractivity contribution is 0.110. The number of halogens is 1. The zero-order chi connectivity index (χ0) is 9.03. The molecule has 2 heteroatoms. The Balaban J connectivity index is 2.63. The van der Waals surface area contributed by atoms with E-state index in [0.717, 1.165) is 24.8 Å². The molecule has 1 aliphatic rings. The third-order valence-corrected chi connectivity index (χ3v) is 2.52. The predicted octanol–water partition coefficient (Wildman–Crippen LogP) is 2.64. The average molecular weight is 187 g/mol. The maximum atomic E-state index is 10.0. The highest BCUT2D eigenvalue weighted by molar-refractivity contribution is 6.18. The number of alkyl halides is 1. The van der Waals surface area contributed by atoms with E-state index in [0.29, 0.717) is 12.3 Å². The lowest BCUT2D eigenvalue weighted by Crippen LogP contribution is -2.30. The minimum atomic E-state index is -0.771. The normalized spacial score (nSPS) is 28.8. The van der Waals surface area contributed by atoms with Crippen molar-refractivity contribution in [3.63, 3.8) is 0 Å². The molecule has 0 aromatic rings. The van der Waals surface area contributed by atoms with Crippen LogP contribution in [-0.4, -0.2) is 16.6 Å². The molecule has 1 aliphatic carbocycles. The zero-order valence-electron chi connectivity index (χ0n) is 7.22. The first-order valence-electron chi connectivity index (χ1n) is 4.33. The molecule has 0 saturated heterocycles. The third-order valence-electron chi connectivity index (χ3n) is 2.33. The van der Waals surface area contributed by atoms with Gasteiger partial charge >= 0.3 is 0 Å². The summed E-state index contributed by atoms with van der Waals surface area (Å²) in [5, 5.41) is 10.0. The molecule has 0 bridgehead atoms. The Bertz CT molecular complexity index is 198. The van der Waals surface area contributed by atoms with E-state index in [-0.39, 0.29) is 0 Å². The van der Waals surface area contributed by atoms with Crippen LogP contribution in [0.5, 0.6) is 0 Å². The van der Waals surface area contributed by atoms with Gasteiger partial charge < -0.3 is 5.11 Å². The first-order chi connectivity index (χ1) is 5.69. The van der Waals surface area contributed by atoms with Crippen LogP contribution in [0, 0.1) is 0 Å². The molecule has 0 aromatic carbocycles. The minimum Gasteiger partial charge on any atom is -0.381 e. The highest BCUT2D eigenvalue weighted by Crippen LogP contribution is 2.30. The molecule has 0 aliphatic heterocycles. The molecule has 0 amide bonds. The number of hydrogen-bond donors (Lipinski definition) is 1. The summed E-state index contributed by atoms with van der Waals surface area (Å²) >= 11 is 5.58. The Hall–Kier alpha value is -0.270. The van der Waals surface area contributed by atoms with Crippen LogP contribution < -0.4 is 0 Å². The highest BCUT2D eigenvalue weighted by atomic mass is 35.5. The Morgan fingerprint density at radius 1 is 1.67 bits per heavy atom. The molecular formula is C10H15ClO. The second kappa shape index (κ2) is 4.11. The molecule has 0 fully saturated rings. The van der Waals surface area contributed by atoms with Gasteiger partial charge in [0.1, 0.15) is 5.60 Å². The minimum absolute atomic E-state index is 0.537. The van der Waals surface area contributed by atoms with Crippen molar-refractivity contribution in [1.82, 2.24) is 0 Å². The molecule has 1 atom stereocenters. The molecule has 68 valence electrons. The monoisotopic (exact) mass is 186 g/mol. The van der Waals surface area contributed by atoms with Crippen molar-refractivity contribution >= 4 is 11.6 Å². The molecule has 0 heterocycles. The van der Waals surface area contributed by atoms with Crippen molar-refractivity contribution in [1.29, 1.82) is 0 Å². The molecule has 0 spiro atoms.